The molecular formula is C22H25N3O4. The maximum atomic E-state index is 12.5. The van der Waals surface area contributed by atoms with Crippen LogP contribution in [0.1, 0.15) is 38.4 Å². The topological polar surface area (TPSA) is 104 Å². The first-order valence-electron chi connectivity index (χ1n) is 9.14. The van der Waals surface area contributed by atoms with Crippen molar-refractivity contribution in [1.29, 1.82) is 0 Å². The molecule has 2 rings (SSSR count). The van der Waals surface area contributed by atoms with Gasteiger partial charge in [-0.1, -0.05) is 42.3 Å². The molecular weight excluding hydrogens is 370 g/mol. The molecule has 0 aliphatic carbocycles. The van der Waals surface area contributed by atoms with E-state index in [4.69, 9.17) is 15.2 Å². The molecule has 1 amide bonds. The lowest BCUT2D eigenvalue weighted by Gasteiger charge is -2.22. The van der Waals surface area contributed by atoms with Crippen LogP contribution in [-0.4, -0.2) is 28.7 Å². The van der Waals surface area contributed by atoms with Gasteiger partial charge in [0, 0.05) is 6.42 Å². The van der Waals surface area contributed by atoms with E-state index in [0.29, 0.717) is 11.5 Å². The highest BCUT2D eigenvalue weighted by molar-refractivity contribution is 5.81. The van der Waals surface area contributed by atoms with Crippen LogP contribution >= 0.6 is 0 Å². The number of hydrogen-bond donors (Lipinski definition) is 2. The summed E-state index contributed by atoms with van der Waals surface area (Å²) in [5.41, 5.74) is 6.25. The fourth-order valence-corrected chi connectivity index (χ4v) is 2.24. The van der Waals surface area contributed by atoms with E-state index >= 15 is 0 Å². The van der Waals surface area contributed by atoms with Crippen LogP contribution in [0.4, 0.5) is 10.6 Å². The Morgan fingerprint density at radius 3 is 2.52 bits per heavy atom. The van der Waals surface area contributed by atoms with E-state index < -0.39 is 23.7 Å². The summed E-state index contributed by atoms with van der Waals surface area (Å²) in [6.07, 6.45) is -0.688. The Bertz CT molecular complexity index is 896. The van der Waals surface area contributed by atoms with Crippen LogP contribution < -0.4 is 11.1 Å². The number of pyridine rings is 1. The molecule has 7 heteroatoms. The summed E-state index contributed by atoms with van der Waals surface area (Å²) < 4.78 is 10.6. The van der Waals surface area contributed by atoms with E-state index in [9.17, 15) is 9.59 Å². The number of nitrogen functional groups attached to an aromatic ring is 1. The number of rotatable bonds is 5. The highest BCUT2D eigenvalue weighted by atomic mass is 16.6. The molecule has 0 bridgehead atoms. The number of nitrogens with one attached hydrogen (secondary N) is 1. The van der Waals surface area contributed by atoms with Crippen molar-refractivity contribution >= 4 is 17.9 Å². The number of amides is 1. The molecule has 0 spiro atoms. The van der Waals surface area contributed by atoms with Crippen LogP contribution in [0.3, 0.4) is 0 Å². The number of carbonyl (C=O) groups excluding carboxylic acids is 2. The fraction of sp³-hybridized carbons (Fsp3) is 0.318. The van der Waals surface area contributed by atoms with Crippen LogP contribution in [0.5, 0.6) is 0 Å². The van der Waals surface area contributed by atoms with E-state index in [0.717, 1.165) is 5.56 Å². The lowest BCUT2D eigenvalue weighted by molar-refractivity contribution is -0.147. The Balaban J connectivity index is 2.05. The maximum absolute atomic E-state index is 12.5. The number of ether oxygens (including phenoxy) is 2. The van der Waals surface area contributed by atoms with Gasteiger partial charge in [-0.25, -0.2) is 14.6 Å². The molecule has 0 saturated heterocycles. The van der Waals surface area contributed by atoms with Gasteiger partial charge >= 0.3 is 12.1 Å². The summed E-state index contributed by atoms with van der Waals surface area (Å²) in [6, 6.07) is 13.4. The summed E-state index contributed by atoms with van der Waals surface area (Å²) in [5, 5.41) is 2.52. The van der Waals surface area contributed by atoms with Crippen molar-refractivity contribution in [3.05, 3.63) is 59.8 Å². The van der Waals surface area contributed by atoms with Gasteiger partial charge in [-0.2, -0.15) is 0 Å². The van der Waals surface area contributed by atoms with Gasteiger partial charge in [0.2, 0.25) is 0 Å². The smallest absolute Gasteiger partial charge is 0.408 e. The molecule has 0 radical (unpaired) electrons. The van der Waals surface area contributed by atoms with Gasteiger partial charge in [0.1, 0.15) is 29.8 Å². The predicted molar refractivity (Wildman–Crippen MR) is 110 cm³/mol. The molecule has 7 nitrogen and oxygen atoms in total. The SMILES string of the molecule is CC(C)(C)OC(=O)NC(CC#Cc1cccc(N)n1)C(=O)OCc1ccccc1. The van der Waals surface area contributed by atoms with Gasteiger partial charge in [0.15, 0.2) is 0 Å². The van der Waals surface area contributed by atoms with Crippen LogP contribution in [0, 0.1) is 11.8 Å². The zero-order valence-corrected chi connectivity index (χ0v) is 16.8. The zero-order chi connectivity index (χ0) is 21.3. The van der Waals surface area contributed by atoms with Crippen LogP contribution in [0.2, 0.25) is 0 Å². The number of carbonyl (C=O) groups is 2. The molecule has 29 heavy (non-hydrogen) atoms. The Hall–Kier alpha value is -3.53. The van der Waals surface area contributed by atoms with E-state index in [2.05, 4.69) is 22.1 Å². The van der Waals surface area contributed by atoms with Gasteiger partial charge in [-0.3, -0.25) is 0 Å². The summed E-state index contributed by atoms with van der Waals surface area (Å²) >= 11 is 0. The van der Waals surface area contributed by atoms with Gasteiger partial charge in [-0.05, 0) is 44.4 Å². The minimum Gasteiger partial charge on any atom is -0.459 e. The van der Waals surface area contributed by atoms with Crippen molar-refractivity contribution in [2.75, 3.05) is 5.73 Å². The first-order chi connectivity index (χ1) is 13.7. The average Bonchev–Trinajstić information content (AvgIpc) is 2.65. The van der Waals surface area contributed by atoms with Crippen molar-refractivity contribution in [3.63, 3.8) is 0 Å². The highest BCUT2D eigenvalue weighted by Crippen LogP contribution is 2.09. The van der Waals surface area contributed by atoms with Gasteiger partial charge in [0.25, 0.3) is 0 Å². The van der Waals surface area contributed by atoms with Crippen LogP contribution in [0.15, 0.2) is 48.5 Å². The number of hydrogen-bond acceptors (Lipinski definition) is 6. The zero-order valence-electron chi connectivity index (χ0n) is 16.8. The van der Waals surface area contributed by atoms with Crippen molar-refractivity contribution < 1.29 is 19.1 Å². The summed E-state index contributed by atoms with van der Waals surface area (Å²) in [4.78, 5) is 28.7. The highest BCUT2D eigenvalue weighted by Gasteiger charge is 2.25. The molecule has 3 N–H and O–H groups in total. The number of nitrogens with two attached hydrogens (primary N) is 1. The van der Waals surface area contributed by atoms with Gasteiger partial charge in [0.05, 0.1) is 0 Å². The van der Waals surface area contributed by atoms with Gasteiger partial charge in [-0.15, -0.1) is 0 Å². The first-order valence-corrected chi connectivity index (χ1v) is 9.14. The standard InChI is InChI=1S/C22H25N3O4/c1-22(2,3)29-21(27)25-18(13-7-11-17-12-8-14-19(23)24-17)20(26)28-15-16-9-5-4-6-10-16/h4-6,8-10,12,14,18H,13,15H2,1-3H3,(H2,23,24)(H,25,27). The average molecular weight is 395 g/mol. The third-order valence-electron chi connectivity index (χ3n) is 3.49. The van der Waals surface area contributed by atoms with E-state index in [1.807, 2.05) is 30.3 Å². The van der Waals surface area contributed by atoms with E-state index in [1.54, 1.807) is 39.0 Å². The molecule has 0 saturated carbocycles. The molecule has 1 atom stereocenters. The molecule has 0 aliphatic rings. The third kappa shape index (κ3) is 8.35. The largest absolute Gasteiger partial charge is 0.459 e. The minimum atomic E-state index is -0.984. The quantitative estimate of drug-likeness (QED) is 0.596. The van der Waals surface area contributed by atoms with Crippen molar-refractivity contribution in [2.24, 2.45) is 0 Å². The number of alkyl carbamates (subject to hydrolysis) is 1. The second-order valence-corrected chi connectivity index (χ2v) is 7.25. The summed E-state index contributed by atoms with van der Waals surface area (Å²) in [7, 11) is 0. The molecule has 1 aromatic carbocycles. The maximum Gasteiger partial charge on any atom is 0.408 e. The number of nitrogens with zero attached hydrogens (tertiary/aromatic N) is 1. The van der Waals surface area contributed by atoms with Gasteiger partial charge < -0.3 is 20.5 Å². The third-order valence-corrected chi connectivity index (χ3v) is 3.49. The van der Waals surface area contributed by atoms with Crippen molar-refractivity contribution in [1.82, 2.24) is 10.3 Å². The molecule has 0 aliphatic heterocycles. The number of benzene rings is 1. The second kappa shape index (κ2) is 10.1. The monoisotopic (exact) mass is 395 g/mol. The molecule has 152 valence electrons. The number of anilines is 1. The normalized spacial score (nSPS) is 11.6. The Morgan fingerprint density at radius 2 is 1.86 bits per heavy atom. The van der Waals surface area contributed by atoms with Crippen molar-refractivity contribution in [3.8, 4) is 11.8 Å². The minimum absolute atomic E-state index is 0.0311. The van der Waals surface area contributed by atoms with E-state index in [-0.39, 0.29) is 13.0 Å². The summed E-state index contributed by atoms with van der Waals surface area (Å²) in [6.45, 7) is 5.30. The van der Waals surface area contributed by atoms with E-state index in [1.165, 1.54) is 0 Å². The summed E-state index contributed by atoms with van der Waals surface area (Å²) in [5.74, 6) is 5.41. The van der Waals surface area contributed by atoms with Crippen molar-refractivity contribution in [2.45, 2.75) is 45.4 Å². The Kier molecular flexibility index (Phi) is 7.61. The number of aromatic nitrogens is 1. The molecule has 0 fully saturated rings. The molecule has 1 unspecified atom stereocenters. The Morgan fingerprint density at radius 1 is 1.14 bits per heavy atom. The predicted octanol–water partition coefficient (Wildman–Crippen LogP) is 3.04. The molecule has 1 heterocycles. The van der Waals surface area contributed by atoms with Crippen LogP contribution in [0.25, 0.3) is 0 Å². The molecule has 2 aromatic rings. The lowest BCUT2D eigenvalue weighted by atomic mass is 10.2. The molecule has 1 aromatic heterocycles. The Labute approximate surface area is 170 Å². The first kappa shape index (κ1) is 21.8. The van der Waals surface area contributed by atoms with Crippen LogP contribution in [-0.2, 0) is 20.9 Å². The fourth-order valence-electron chi connectivity index (χ4n) is 2.24. The lowest BCUT2D eigenvalue weighted by Crippen LogP contribution is -2.44. The second-order valence-electron chi connectivity index (χ2n) is 7.25. The number of esters is 1.